The van der Waals surface area contributed by atoms with Gasteiger partial charge in [-0.25, -0.2) is 4.79 Å². The predicted molar refractivity (Wildman–Crippen MR) is 39.0 cm³/mol. The van der Waals surface area contributed by atoms with Gasteiger partial charge in [0.1, 0.15) is 7.05 Å². The first-order valence-corrected chi connectivity index (χ1v) is 3.28. The monoisotopic (exact) mass is 231 g/mol. The number of carbonyl (C=O) groups excluding carboxylic acids is 1. The van der Waals surface area contributed by atoms with Crippen molar-refractivity contribution in [2.75, 3.05) is 7.11 Å². The molecule has 1 heterocycles. The normalized spacial score (nSPS) is 8.50. The van der Waals surface area contributed by atoms with Crippen molar-refractivity contribution in [3.8, 4) is 0 Å². The largest absolute Gasteiger partial charge is 1.00 e. The van der Waals surface area contributed by atoms with Crippen LogP contribution in [0.15, 0.2) is 24.4 Å². The van der Waals surface area contributed by atoms with E-state index in [0.29, 0.717) is 5.69 Å². The molecule has 0 radical (unpaired) electrons. The van der Waals surface area contributed by atoms with Crippen molar-refractivity contribution in [1.82, 2.24) is 0 Å². The molecule has 0 aromatic carbocycles. The molecule has 0 bridgehead atoms. The minimum Gasteiger partial charge on any atom is -1.00 e. The van der Waals surface area contributed by atoms with Crippen LogP contribution in [0.4, 0.5) is 0 Å². The van der Waals surface area contributed by atoms with Crippen molar-refractivity contribution >= 4 is 5.97 Å². The summed E-state index contributed by atoms with van der Waals surface area (Å²) in [7, 11) is 3.17. The van der Waals surface area contributed by atoms with Crippen molar-refractivity contribution in [2.24, 2.45) is 7.05 Å². The summed E-state index contributed by atoms with van der Waals surface area (Å²) >= 11 is 0. The van der Waals surface area contributed by atoms with E-state index in [2.05, 4.69) is 4.74 Å². The number of hydrogen-bond donors (Lipinski definition) is 0. The lowest BCUT2D eigenvalue weighted by atomic mass is 10.3. The van der Waals surface area contributed by atoms with Crippen LogP contribution in [0.2, 0.25) is 0 Å². The van der Waals surface area contributed by atoms with Crippen LogP contribution in [0.1, 0.15) is 10.5 Å². The molecule has 4 heteroatoms. The molecule has 0 saturated carbocycles. The maximum absolute atomic E-state index is 11.0. The van der Waals surface area contributed by atoms with Gasteiger partial charge in [0, 0.05) is 12.1 Å². The first-order chi connectivity index (χ1) is 5.25. The zero-order valence-corrected chi connectivity index (χ0v) is 8.54. The molecule has 0 amide bonds. The second-order valence-corrected chi connectivity index (χ2v) is 2.19. The quantitative estimate of drug-likeness (QED) is 0.389. The highest BCUT2D eigenvalue weighted by molar-refractivity contribution is 5.85. The summed E-state index contributed by atoms with van der Waals surface area (Å²) in [4.78, 5) is 11.0. The second kappa shape index (κ2) is 4.87. The van der Waals surface area contributed by atoms with Crippen LogP contribution in [0, 0.1) is 0 Å². The van der Waals surface area contributed by atoms with Gasteiger partial charge in [-0.3, -0.25) is 0 Å². The van der Waals surface area contributed by atoms with Crippen molar-refractivity contribution in [1.29, 1.82) is 0 Å². The summed E-state index contributed by atoms with van der Waals surface area (Å²) in [6.45, 7) is 0. The fourth-order valence-corrected chi connectivity index (χ4v) is 0.840. The number of halogens is 1. The molecule has 3 nitrogen and oxygen atoms in total. The molecule has 0 spiro atoms. The lowest BCUT2D eigenvalue weighted by Gasteiger charge is -1.95. The Hall–Kier alpha value is -0.900. The van der Waals surface area contributed by atoms with Gasteiger partial charge in [-0.1, -0.05) is 0 Å². The van der Waals surface area contributed by atoms with E-state index < -0.39 is 0 Å². The first kappa shape index (κ1) is 11.1. The molecule has 1 aromatic rings. The second-order valence-electron chi connectivity index (χ2n) is 2.19. The third-order valence-electron chi connectivity index (χ3n) is 1.45. The van der Waals surface area contributed by atoms with Crippen molar-refractivity contribution < 1.29 is 31.1 Å². The zero-order chi connectivity index (χ0) is 8.27. The molecule has 0 atom stereocenters. The van der Waals surface area contributed by atoms with Crippen LogP contribution in [0.5, 0.6) is 0 Å². The summed E-state index contributed by atoms with van der Waals surface area (Å²) in [5.74, 6) is -0.312. The first-order valence-electron chi connectivity index (χ1n) is 3.28. The molecule has 66 valence electrons. The van der Waals surface area contributed by atoms with Gasteiger partial charge in [0.25, 0.3) is 5.69 Å². The number of hydrogen-bond acceptors (Lipinski definition) is 2. The summed E-state index contributed by atoms with van der Waals surface area (Å²) in [5, 5.41) is 0. The predicted octanol–water partition coefficient (Wildman–Crippen LogP) is -2.70. The van der Waals surface area contributed by atoms with Crippen LogP contribution in [-0.4, -0.2) is 13.1 Å². The van der Waals surface area contributed by atoms with Crippen LogP contribution in [0.3, 0.4) is 0 Å². The van der Waals surface area contributed by atoms with E-state index in [1.807, 2.05) is 6.07 Å². The maximum atomic E-state index is 11.0. The fourth-order valence-electron chi connectivity index (χ4n) is 0.840. The SMILES string of the molecule is COC(=O)c1cccc[n+]1C.[Br-]. The van der Waals surface area contributed by atoms with Gasteiger partial charge < -0.3 is 21.7 Å². The highest BCUT2D eigenvalue weighted by Gasteiger charge is 2.14. The van der Waals surface area contributed by atoms with Gasteiger partial charge in [0.15, 0.2) is 6.20 Å². The number of aryl methyl sites for hydroxylation is 1. The molecule has 12 heavy (non-hydrogen) atoms. The Morgan fingerprint density at radius 1 is 1.50 bits per heavy atom. The third kappa shape index (κ3) is 2.30. The Kier molecular flexibility index (Phi) is 4.51. The average Bonchev–Trinajstić information content (AvgIpc) is 2.04. The lowest BCUT2D eigenvalue weighted by Crippen LogP contribution is -3.00. The number of ether oxygens (including phenoxy) is 1. The molecule has 0 aliphatic rings. The van der Waals surface area contributed by atoms with Gasteiger partial charge in [-0.15, -0.1) is 0 Å². The molecule has 0 aliphatic carbocycles. The standard InChI is InChI=1S/C8H10NO2.BrH/c1-9-6-4-3-5-7(9)8(10)11-2;/h3-6H,1-2H3;1H/q+1;/p-1. The summed E-state index contributed by atoms with van der Waals surface area (Å²) in [6, 6.07) is 5.37. The highest BCUT2D eigenvalue weighted by Crippen LogP contribution is 1.91. The summed E-state index contributed by atoms with van der Waals surface area (Å²) < 4.78 is 6.27. The minimum absolute atomic E-state index is 0. The van der Waals surface area contributed by atoms with Gasteiger partial charge in [-0.05, 0) is 6.07 Å². The molecule has 0 N–H and O–H groups in total. The van der Waals surface area contributed by atoms with E-state index in [1.54, 1.807) is 29.9 Å². The Balaban J connectivity index is 0.00000121. The molecule has 0 saturated heterocycles. The van der Waals surface area contributed by atoms with Gasteiger partial charge in [-0.2, -0.15) is 4.57 Å². The number of methoxy groups -OCH3 is 1. The molecule has 0 fully saturated rings. The van der Waals surface area contributed by atoms with E-state index >= 15 is 0 Å². The van der Waals surface area contributed by atoms with Crippen molar-refractivity contribution in [3.63, 3.8) is 0 Å². The molecule has 1 aromatic heterocycles. The average molecular weight is 232 g/mol. The Bertz CT molecular complexity index is 276. The Labute approximate surface area is 81.7 Å². The summed E-state index contributed by atoms with van der Waals surface area (Å²) in [6.07, 6.45) is 1.80. The van der Waals surface area contributed by atoms with Crippen LogP contribution in [0.25, 0.3) is 0 Å². The lowest BCUT2D eigenvalue weighted by molar-refractivity contribution is -0.674. The number of pyridine rings is 1. The maximum Gasteiger partial charge on any atom is 0.403 e. The molecule has 1 rings (SSSR count). The topological polar surface area (TPSA) is 30.2 Å². The molecular weight excluding hydrogens is 222 g/mol. The highest BCUT2D eigenvalue weighted by atomic mass is 79.9. The fraction of sp³-hybridized carbons (Fsp3) is 0.250. The zero-order valence-electron chi connectivity index (χ0n) is 6.95. The van der Waals surface area contributed by atoms with Gasteiger partial charge >= 0.3 is 5.97 Å². The van der Waals surface area contributed by atoms with E-state index in [9.17, 15) is 4.79 Å². The van der Waals surface area contributed by atoms with E-state index in [4.69, 9.17) is 0 Å². The van der Waals surface area contributed by atoms with Crippen LogP contribution in [-0.2, 0) is 11.8 Å². The van der Waals surface area contributed by atoms with E-state index in [1.165, 1.54) is 7.11 Å². The Morgan fingerprint density at radius 2 is 2.17 bits per heavy atom. The van der Waals surface area contributed by atoms with Crippen molar-refractivity contribution in [2.45, 2.75) is 0 Å². The Morgan fingerprint density at radius 3 is 2.67 bits per heavy atom. The molecule has 0 aliphatic heterocycles. The number of carbonyl (C=O) groups is 1. The molecular formula is C8H10BrNO2. The van der Waals surface area contributed by atoms with E-state index in [0.717, 1.165) is 0 Å². The van der Waals surface area contributed by atoms with E-state index in [-0.39, 0.29) is 23.0 Å². The number of aromatic nitrogens is 1. The number of nitrogens with zero attached hydrogens (tertiary/aromatic N) is 1. The number of rotatable bonds is 1. The van der Waals surface area contributed by atoms with Gasteiger partial charge in [0.05, 0.1) is 7.11 Å². The third-order valence-corrected chi connectivity index (χ3v) is 1.45. The van der Waals surface area contributed by atoms with Crippen LogP contribution < -0.4 is 21.5 Å². The minimum atomic E-state index is -0.312. The van der Waals surface area contributed by atoms with Crippen molar-refractivity contribution in [3.05, 3.63) is 30.1 Å². The van der Waals surface area contributed by atoms with Crippen LogP contribution >= 0.6 is 0 Å². The summed E-state index contributed by atoms with van der Waals surface area (Å²) in [5.41, 5.74) is 0.551. The smallest absolute Gasteiger partial charge is 0.403 e. The van der Waals surface area contributed by atoms with Gasteiger partial charge in [0.2, 0.25) is 0 Å². The number of esters is 1. The molecule has 0 unspecified atom stereocenters.